The molecular formula is C10H27N3. The summed E-state index contributed by atoms with van der Waals surface area (Å²) in [5.74, 6) is 0. The number of hydrogen-bond donors (Lipinski definition) is 3. The van der Waals surface area contributed by atoms with E-state index in [1.807, 2.05) is 7.05 Å². The number of nitrogens with one attached hydrogen (secondary N) is 3. The topological polar surface area (TPSA) is 36.1 Å². The van der Waals surface area contributed by atoms with Crippen molar-refractivity contribution < 1.29 is 0 Å². The van der Waals surface area contributed by atoms with E-state index in [0.29, 0.717) is 0 Å². The van der Waals surface area contributed by atoms with E-state index >= 15 is 0 Å². The van der Waals surface area contributed by atoms with Crippen molar-refractivity contribution in [3.63, 3.8) is 0 Å². The summed E-state index contributed by atoms with van der Waals surface area (Å²) >= 11 is 0. The van der Waals surface area contributed by atoms with Gasteiger partial charge in [0.1, 0.15) is 0 Å². The van der Waals surface area contributed by atoms with E-state index in [2.05, 4.69) is 36.7 Å². The van der Waals surface area contributed by atoms with Gasteiger partial charge in [-0.25, -0.2) is 0 Å². The molecule has 3 N–H and O–H groups in total. The zero-order valence-electron chi connectivity index (χ0n) is 9.74. The van der Waals surface area contributed by atoms with Crippen LogP contribution in [0.4, 0.5) is 0 Å². The van der Waals surface area contributed by atoms with Gasteiger partial charge in [0, 0.05) is 0 Å². The highest BCUT2D eigenvalue weighted by molar-refractivity contribution is 4.47. The highest BCUT2D eigenvalue weighted by Gasteiger charge is 1.82. The average molecular weight is 189 g/mol. The first-order valence-electron chi connectivity index (χ1n) is 5.39. The maximum Gasteiger partial charge on any atom is -0.00369 e. The first kappa shape index (κ1) is 15.4. The summed E-state index contributed by atoms with van der Waals surface area (Å²) in [5.41, 5.74) is 0. The second kappa shape index (κ2) is 17.8. The highest BCUT2D eigenvalue weighted by atomic mass is 14.9. The Kier molecular flexibility index (Phi) is 21.1. The van der Waals surface area contributed by atoms with Gasteiger partial charge in [-0.05, 0) is 46.2 Å². The molecule has 0 aliphatic carbocycles. The second-order valence-electron chi connectivity index (χ2n) is 2.77. The lowest BCUT2D eigenvalue weighted by atomic mass is 10.4. The fraction of sp³-hybridized carbons (Fsp3) is 1.00. The van der Waals surface area contributed by atoms with Crippen molar-refractivity contribution in [3.8, 4) is 0 Å². The molecule has 82 valence electrons. The summed E-state index contributed by atoms with van der Waals surface area (Å²) in [6.45, 7) is 11.9. The molecule has 0 radical (unpaired) electrons. The van der Waals surface area contributed by atoms with Crippen LogP contribution >= 0.6 is 0 Å². The van der Waals surface area contributed by atoms with E-state index in [4.69, 9.17) is 0 Å². The van der Waals surface area contributed by atoms with Gasteiger partial charge in [-0.2, -0.15) is 0 Å². The molecule has 0 atom stereocenters. The predicted molar refractivity (Wildman–Crippen MR) is 61.3 cm³/mol. The van der Waals surface area contributed by atoms with E-state index in [0.717, 1.165) is 32.7 Å². The maximum atomic E-state index is 3.27. The van der Waals surface area contributed by atoms with Crippen LogP contribution in [-0.4, -0.2) is 39.8 Å². The first-order valence-corrected chi connectivity index (χ1v) is 5.39. The molecule has 3 nitrogen and oxygen atoms in total. The SMILES string of the molecule is CCNC.CCNCCCNCC. The standard InChI is InChI=1S/C7H18N2.C3H9N/c1-3-8-6-5-7-9-4-2;1-3-4-2/h8-9H,3-7H2,1-2H3;4H,3H2,1-2H3. The fourth-order valence-electron chi connectivity index (χ4n) is 0.692. The summed E-state index contributed by atoms with van der Waals surface area (Å²) in [6, 6.07) is 0. The third kappa shape index (κ3) is 24.5. The first-order chi connectivity index (χ1) is 6.33. The van der Waals surface area contributed by atoms with Crippen molar-refractivity contribution in [3.05, 3.63) is 0 Å². The minimum atomic E-state index is 1.07. The highest BCUT2D eigenvalue weighted by Crippen LogP contribution is 1.70. The van der Waals surface area contributed by atoms with Crippen molar-refractivity contribution in [2.75, 3.05) is 39.8 Å². The molecule has 0 aromatic heterocycles. The van der Waals surface area contributed by atoms with Crippen molar-refractivity contribution >= 4 is 0 Å². The zero-order valence-corrected chi connectivity index (χ0v) is 9.74. The molecule has 0 bridgehead atoms. The zero-order chi connectivity index (χ0) is 10.4. The largest absolute Gasteiger partial charge is 0.320 e. The molecule has 0 aromatic rings. The average Bonchev–Trinajstić information content (AvgIpc) is 2.18. The second-order valence-corrected chi connectivity index (χ2v) is 2.77. The third-order valence-corrected chi connectivity index (χ3v) is 1.56. The Bertz CT molecular complexity index is 59.2. The third-order valence-electron chi connectivity index (χ3n) is 1.56. The van der Waals surface area contributed by atoms with Crippen LogP contribution in [0.15, 0.2) is 0 Å². The smallest absolute Gasteiger partial charge is 0.00369 e. The van der Waals surface area contributed by atoms with Crippen LogP contribution < -0.4 is 16.0 Å². The maximum absolute atomic E-state index is 3.27. The molecule has 0 spiro atoms. The Hall–Kier alpha value is -0.120. The number of rotatable bonds is 7. The Labute approximate surface area is 83.7 Å². The Morgan fingerprint density at radius 1 is 0.769 bits per heavy atom. The van der Waals surface area contributed by atoms with Crippen molar-refractivity contribution in [1.82, 2.24) is 16.0 Å². The van der Waals surface area contributed by atoms with Crippen LogP contribution in [0.5, 0.6) is 0 Å². The molecule has 3 heteroatoms. The Morgan fingerprint density at radius 3 is 1.38 bits per heavy atom. The van der Waals surface area contributed by atoms with E-state index in [1.165, 1.54) is 6.42 Å². The van der Waals surface area contributed by atoms with Crippen molar-refractivity contribution in [1.29, 1.82) is 0 Å². The molecule has 0 aliphatic rings. The lowest BCUT2D eigenvalue weighted by molar-refractivity contribution is 0.619. The van der Waals surface area contributed by atoms with Crippen LogP contribution in [0.25, 0.3) is 0 Å². The molecule has 0 unspecified atom stereocenters. The predicted octanol–water partition coefficient (Wildman–Crippen LogP) is 0.821. The minimum Gasteiger partial charge on any atom is -0.320 e. The normalized spacial score (nSPS) is 9.23. The van der Waals surface area contributed by atoms with Crippen molar-refractivity contribution in [2.24, 2.45) is 0 Å². The molecule has 0 saturated carbocycles. The molecule has 0 aliphatic heterocycles. The molecule has 0 amide bonds. The molecule has 0 aromatic carbocycles. The fourth-order valence-corrected chi connectivity index (χ4v) is 0.692. The van der Waals surface area contributed by atoms with E-state index < -0.39 is 0 Å². The van der Waals surface area contributed by atoms with Crippen LogP contribution in [-0.2, 0) is 0 Å². The Morgan fingerprint density at radius 2 is 1.15 bits per heavy atom. The van der Waals surface area contributed by atoms with Gasteiger partial charge in [-0.3, -0.25) is 0 Å². The summed E-state index contributed by atoms with van der Waals surface area (Å²) in [4.78, 5) is 0. The Balaban J connectivity index is 0. The molecule has 0 saturated heterocycles. The van der Waals surface area contributed by atoms with Gasteiger partial charge in [0.15, 0.2) is 0 Å². The molecular weight excluding hydrogens is 162 g/mol. The monoisotopic (exact) mass is 189 g/mol. The van der Waals surface area contributed by atoms with Gasteiger partial charge in [0.2, 0.25) is 0 Å². The minimum absolute atomic E-state index is 1.07. The van der Waals surface area contributed by atoms with E-state index in [9.17, 15) is 0 Å². The van der Waals surface area contributed by atoms with Crippen LogP contribution in [0, 0.1) is 0 Å². The van der Waals surface area contributed by atoms with Gasteiger partial charge in [-0.15, -0.1) is 0 Å². The summed E-state index contributed by atoms with van der Waals surface area (Å²) in [6.07, 6.45) is 1.24. The molecule has 13 heavy (non-hydrogen) atoms. The van der Waals surface area contributed by atoms with Crippen LogP contribution in [0.2, 0.25) is 0 Å². The van der Waals surface area contributed by atoms with Crippen LogP contribution in [0.3, 0.4) is 0 Å². The van der Waals surface area contributed by atoms with Gasteiger partial charge in [-0.1, -0.05) is 20.8 Å². The number of hydrogen-bond acceptors (Lipinski definition) is 3. The van der Waals surface area contributed by atoms with Gasteiger partial charge < -0.3 is 16.0 Å². The quantitative estimate of drug-likeness (QED) is 0.519. The van der Waals surface area contributed by atoms with E-state index in [1.54, 1.807) is 0 Å². The van der Waals surface area contributed by atoms with Gasteiger partial charge >= 0.3 is 0 Å². The molecule has 0 heterocycles. The summed E-state index contributed by atoms with van der Waals surface area (Å²) in [5, 5.41) is 9.46. The molecule has 0 rings (SSSR count). The summed E-state index contributed by atoms with van der Waals surface area (Å²) < 4.78 is 0. The lowest BCUT2D eigenvalue weighted by Crippen LogP contribution is -2.21. The van der Waals surface area contributed by atoms with Gasteiger partial charge in [0.25, 0.3) is 0 Å². The van der Waals surface area contributed by atoms with E-state index in [-0.39, 0.29) is 0 Å². The summed E-state index contributed by atoms with van der Waals surface area (Å²) in [7, 11) is 1.93. The van der Waals surface area contributed by atoms with Crippen molar-refractivity contribution in [2.45, 2.75) is 27.2 Å². The molecule has 0 fully saturated rings. The van der Waals surface area contributed by atoms with Gasteiger partial charge in [0.05, 0.1) is 0 Å². The lowest BCUT2D eigenvalue weighted by Gasteiger charge is -2.00. The van der Waals surface area contributed by atoms with Crippen LogP contribution in [0.1, 0.15) is 27.2 Å².